The van der Waals surface area contributed by atoms with E-state index in [1.807, 2.05) is 0 Å². The number of hydrogen-bond acceptors (Lipinski definition) is 5. The average Bonchev–Trinajstić information content (AvgIpc) is 2.96. The predicted octanol–water partition coefficient (Wildman–Crippen LogP) is 1.02. The second-order valence-electron chi connectivity index (χ2n) is 4.45. The Labute approximate surface area is 103 Å². The fourth-order valence-electron chi connectivity index (χ4n) is 2.48. The molecule has 0 aromatic carbocycles. The van der Waals surface area contributed by atoms with Crippen LogP contribution in [0.2, 0.25) is 0 Å². The molecule has 7 heteroatoms. The van der Waals surface area contributed by atoms with E-state index in [-0.39, 0.29) is 12.0 Å². The zero-order valence-corrected chi connectivity index (χ0v) is 9.63. The summed E-state index contributed by atoms with van der Waals surface area (Å²) in [5.74, 6) is -0.478. The van der Waals surface area contributed by atoms with Gasteiger partial charge in [0.2, 0.25) is 0 Å². The largest absolute Gasteiger partial charge is 0.481 e. The maximum absolute atomic E-state index is 11.1. The minimum Gasteiger partial charge on any atom is -0.481 e. The second kappa shape index (κ2) is 4.25. The molecule has 1 aliphatic rings. The number of rotatable bonds is 3. The molecule has 2 heterocycles. The smallest absolute Gasteiger partial charge is 0.308 e. The van der Waals surface area contributed by atoms with Crippen LogP contribution in [0.15, 0.2) is 12.7 Å². The number of carboxylic acid groups (broad SMARTS) is 1. The summed E-state index contributed by atoms with van der Waals surface area (Å²) in [6.45, 7) is 0. The van der Waals surface area contributed by atoms with Gasteiger partial charge >= 0.3 is 5.97 Å². The van der Waals surface area contributed by atoms with Gasteiger partial charge in [0.15, 0.2) is 11.5 Å². The standard InChI is InChI=1S/C11H13N5O2/c17-11(18)6-2-1-3-7(6)16-10-8-9(13-4-12-8)14-5-15-10/h4-7H,1-3H2,(H,17,18)(H2,12,13,14,15,16). The Bertz CT molecular complexity index is 582. The SMILES string of the molecule is O=C(O)C1CCCC1Nc1ncnc2nc[nH]c12. The third-order valence-corrected chi connectivity index (χ3v) is 3.38. The first-order valence-electron chi connectivity index (χ1n) is 5.89. The number of aromatic nitrogens is 4. The maximum atomic E-state index is 11.1. The van der Waals surface area contributed by atoms with Crippen LogP contribution in [0.25, 0.3) is 11.2 Å². The van der Waals surface area contributed by atoms with Crippen molar-refractivity contribution < 1.29 is 9.90 Å². The third kappa shape index (κ3) is 1.77. The van der Waals surface area contributed by atoms with Crippen LogP contribution in [0.1, 0.15) is 19.3 Å². The van der Waals surface area contributed by atoms with E-state index in [1.54, 1.807) is 6.33 Å². The lowest BCUT2D eigenvalue weighted by molar-refractivity contribution is -0.141. The molecule has 0 radical (unpaired) electrons. The summed E-state index contributed by atoms with van der Waals surface area (Å²) < 4.78 is 0. The van der Waals surface area contributed by atoms with Crippen molar-refractivity contribution in [3.8, 4) is 0 Å². The zero-order chi connectivity index (χ0) is 12.5. The number of nitrogens with zero attached hydrogens (tertiary/aromatic N) is 3. The van der Waals surface area contributed by atoms with E-state index in [4.69, 9.17) is 5.11 Å². The van der Waals surface area contributed by atoms with E-state index < -0.39 is 5.97 Å². The number of imidazole rings is 1. The average molecular weight is 247 g/mol. The molecule has 2 aromatic heterocycles. The molecule has 0 saturated heterocycles. The van der Waals surface area contributed by atoms with Crippen LogP contribution >= 0.6 is 0 Å². The molecule has 3 N–H and O–H groups in total. The molecule has 0 spiro atoms. The van der Waals surface area contributed by atoms with Gasteiger partial charge in [-0.05, 0) is 12.8 Å². The summed E-state index contributed by atoms with van der Waals surface area (Å²) in [6.07, 6.45) is 5.46. The van der Waals surface area contributed by atoms with Gasteiger partial charge in [-0.2, -0.15) is 0 Å². The number of anilines is 1. The topological polar surface area (TPSA) is 104 Å². The number of hydrogen-bond donors (Lipinski definition) is 3. The van der Waals surface area contributed by atoms with E-state index in [0.29, 0.717) is 23.4 Å². The van der Waals surface area contributed by atoms with Gasteiger partial charge in [0, 0.05) is 6.04 Å². The van der Waals surface area contributed by atoms with E-state index >= 15 is 0 Å². The van der Waals surface area contributed by atoms with Crippen molar-refractivity contribution in [1.82, 2.24) is 19.9 Å². The van der Waals surface area contributed by atoms with Crippen molar-refractivity contribution >= 4 is 23.0 Å². The summed E-state index contributed by atoms with van der Waals surface area (Å²) in [5, 5.41) is 12.3. The zero-order valence-electron chi connectivity index (χ0n) is 9.63. The normalized spacial score (nSPS) is 23.3. The van der Waals surface area contributed by atoms with Crippen molar-refractivity contribution in [3.05, 3.63) is 12.7 Å². The summed E-state index contributed by atoms with van der Waals surface area (Å²) in [6, 6.07) is -0.0797. The maximum Gasteiger partial charge on any atom is 0.308 e. The minimum absolute atomic E-state index is 0.0797. The van der Waals surface area contributed by atoms with Crippen LogP contribution < -0.4 is 5.32 Å². The molecule has 0 aliphatic heterocycles. The molecule has 18 heavy (non-hydrogen) atoms. The van der Waals surface area contributed by atoms with E-state index in [0.717, 1.165) is 12.8 Å². The van der Waals surface area contributed by atoms with Gasteiger partial charge < -0.3 is 15.4 Å². The molecule has 94 valence electrons. The molecule has 2 aromatic rings. The van der Waals surface area contributed by atoms with Gasteiger partial charge in [-0.25, -0.2) is 15.0 Å². The van der Waals surface area contributed by atoms with Gasteiger partial charge in [-0.15, -0.1) is 0 Å². The fourth-order valence-corrected chi connectivity index (χ4v) is 2.48. The van der Waals surface area contributed by atoms with Gasteiger partial charge in [0.05, 0.1) is 12.2 Å². The molecular formula is C11H13N5O2. The molecule has 1 saturated carbocycles. The number of carbonyl (C=O) groups is 1. The predicted molar refractivity (Wildman–Crippen MR) is 64.1 cm³/mol. The number of aromatic amines is 1. The highest BCUT2D eigenvalue weighted by Crippen LogP contribution is 2.29. The molecule has 0 bridgehead atoms. The molecule has 2 unspecified atom stereocenters. The highest BCUT2D eigenvalue weighted by molar-refractivity contribution is 5.82. The Hall–Kier alpha value is -2.18. The Balaban J connectivity index is 1.88. The van der Waals surface area contributed by atoms with E-state index in [9.17, 15) is 4.79 Å². The Kier molecular flexibility index (Phi) is 2.58. The molecular weight excluding hydrogens is 234 g/mol. The van der Waals surface area contributed by atoms with Crippen molar-refractivity contribution in [2.75, 3.05) is 5.32 Å². The first kappa shape index (κ1) is 10.9. The van der Waals surface area contributed by atoms with Crippen LogP contribution in [-0.2, 0) is 4.79 Å². The number of H-pyrrole nitrogens is 1. The number of fused-ring (bicyclic) bond motifs is 1. The molecule has 2 atom stereocenters. The number of carboxylic acids is 1. The van der Waals surface area contributed by atoms with Gasteiger partial charge in [-0.3, -0.25) is 4.79 Å². The molecule has 7 nitrogen and oxygen atoms in total. The number of nitrogens with one attached hydrogen (secondary N) is 2. The van der Waals surface area contributed by atoms with Crippen molar-refractivity contribution in [3.63, 3.8) is 0 Å². The summed E-state index contributed by atoms with van der Waals surface area (Å²) >= 11 is 0. The van der Waals surface area contributed by atoms with Crippen LogP contribution in [0.4, 0.5) is 5.82 Å². The quantitative estimate of drug-likeness (QED) is 0.748. The molecule has 1 aliphatic carbocycles. The molecule has 0 amide bonds. The Morgan fingerprint density at radius 1 is 1.39 bits per heavy atom. The van der Waals surface area contributed by atoms with Gasteiger partial charge in [0.1, 0.15) is 11.8 Å². The second-order valence-corrected chi connectivity index (χ2v) is 4.45. The Morgan fingerprint density at radius 2 is 2.28 bits per heavy atom. The lowest BCUT2D eigenvalue weighted by atomic mass is 10.0. The highest BCUT2D eigenvalue weighted by atomic mass is 16.4. The van der Waals surface area contributed by atoms with Crippen LogP contribution in [-0.4, -0.2) is 37.1 Å². The molecule has 3 rings (SSSR count). The van der Waals surface area contributed by atoms with Crippen LogP contribution in [0, 0.1) is 5.92 Å². The lowest BCUT2D eigenvalue weighted by Crippen LogP contribution is -2.30. The third-order valence-electron chi connectivity index (χ3n) is 3.38. The fraction of sp³-hybridized carbons (Fsp3) is 0.455. The van der Waals surface area contributed by atoms with Crippen LogP contribution in [0.3, 0.4) is 0 Å². The monoisotopic (exact) mass is 247 g/mol. The van der Waals surface area contributed by atoms with Gasteiger partial charge in [-0.1, -0.05) is 6.42 Å². The van der Waals surface area contributed by atoms with Crippen molar-refractivity contribution in [2.45, 2.75) is 25.3 Å². The summed E-state index contributed by atoms with van der Waals surface area (Å²) in [7, 11) is 0. The minimum atomic E-state index is -0.750. The first-order chi connectivity index (χ1) is 8.75. The Morgan fingerprint density at radius 3 is 3.11 bits per heavy atom. The number of aliphatic carboxylic acids is 1. The van der Waals surface area contributed by atoms with Crippen LogP contribution in [0.5, 0.6) is 0 Å². The summed E-state index contributed by atoms with van der Waals surface area (Å²) in [4.78, 5) is 26.3. The molecule has 1 fully saturated rings. The summed E-state index contributed by atoms with van der Waals surface area (Å²) in [5.41, 5.74) is 1.30. The highest BCUT2D eigenvalue weighted by Gasteiger charge is 2.33. The van der Waals surface area contributed by atoms with Crippen molar-refractivity contribution in [2.24, 2.45) is 5.92 Å². The lowest BCUT2D eigenvalue weighted by Gasteiger charge is -2.18. The van der Waals surface area contributed by atoms with Gasteiger partial charge in [0.25, 0.3) is 0 Å². The first-order valence-corrected chi connectivity index (χ1v) is 5.89. The van der Waals surface area contributed by atoms with E-state index in [1.165, 1.54) is 6.33 Å². The van der Waals surface area contributed by atoms with E-state index in [2.05, 4.69) is 25.3 Å². The van der Waals surface area contributed by atoms with Crippen molar-refractivity contribution in [1.29, 1.82) is 0 Å².